The molecule has 0 aliphatic heterocycles. The molecule has 0 unspecified atom stereocenters. The van der Waals surface area contributed by atoms with Gasteiger partial charge < -0.3 is 10.6 Å². The van der Waals surface area contributed by atoms with Crippen LogP contribution in [-0.2, 0) is 0 Å². The number of carbonyl (C=O) groups excluding carboxylic acids is 1. The topological polar surface area (TPSA) is 66.9 Å². The first-order chi connectivity index (χ1) is 10.1. The Morgan fingerprint density at radius 1 is 1.19 bits per heavy atom. The number of rotatable bonds is 4. The van der Waals surface area contributed by atoms with Gasteiger partial charge in [-0.15, -0.1) is 0 Å². The van der Waals surface area contributed by atoms with Crippen LogP contribution in [0.25, 0.3) is 0 Å². The summed E-state index contributed by atoms with van der Waals surface area (Å²) >= 11 is 12.1. The van der Waals surface area contributed by atoms with E-state index < -0.39 is 0 Å². The van der Waals surface area contributed by atoms with Crippen molar-refractivity contribution in [3.8, 4) is 0 Å². The van der Waals surface area contributed by atoms with Crippen molar-refractivity contribution in [1.29, 1.82) is 0 Å². The average molecular weight is 323 g/mol. The zero-order chi connectivity index (χ0) is 14.8. The number of halogens is 2. The minimum absolute atomic E-state index is 0.254. The van der Waals surface area contributed by atoms with Gasteiger partial charge in [0, 0.05) is 12.2 Å². The standard InChI is InChI=1S/C14H12Cl2N4O/c15-9-2-1-3-10(16)12(9)20-13(21)11-6-7-17-14(19-11)18-8-4-5-8/h1-3,6-8H,4-5H2,(H,20,21)(H,17,18,19). The first-order valence-corrected chi connectivity index (χ1v) is 7.24. The quantitative estimate of drug-likeness (QED) is 0.902. The maximum absolute atomic E-state index is 12.2. The van der Waals surface area contributed by atoms with Crippen LogP contribution in [0, 0.1) is 0 Å². The highest BCUT2D eigenvalue weighted by Crippen LogP contribution is 2.30. The molecule has 1 aliphatic carbocycles. The molecule has 1 aliphatic rings. The maximum Gasteiger partial charge on any atom is 0.274 e. The zero-order valence-corrected chi connectivity index (χ0v) is 12.4. The highest BCUT2D eigenvalue weighted by molar-refractivity contribution is 6.39. The van der Waals surface area contributed by atoms with Crippen molar-refractivity contribution >= 4 is 40.7 Å². The number of anilines is 2. The number of benzene rings is 1. The lowest BCUT2D eigenvalue weighted by molar-refractivity contribution is 0.102. The molecule has 21 heavy (non-hydrogen) atoms. The van der Waals surface area contributed by atoms with Crippen molar-refractivity contribution in [3.63, 3.8) is 0 Å². The minimum atomic E-state index is -0.383. The summed E-state index contributed by atoms with van der Waals surface area (Å²) in [5.74, 6) is 0.0710. The molecule has 5 nitrogen and oxygen atoms in total. The Labute approximate surface area is 131 Å². The van der Waals surface area contributed by atoms with Crippen molar-refractivity contribution < 1.29 is 4.79 Å². The summed E-state index contributed by atoms with van der Waals surface area (Å²) in [6.45, 7) is 0. The smallest absolute Gasteiger partial charge is 0.274 e. The van der Waals surface area contributed by atoms with Gasteiger partial charge in [-0.25, -0.2) is 9.97 Å². The van der Waals surface area contributed by atoms with E-state index in [-0.39, 0.29) is 11.6 Å². The third kappa shape index (κ3) is 3.43. The second kappa shape index (κ2) is 5.87. The average Bonchev–Trinajstić information content (AvgIpc) is 3.27. The van der Waals surface area contributed by atoms with Gasteiger partial charge in [0.15, 0.2) is 0 Å². The highest BCUT2D eigenvalue weighted by atomic mass is 35.5. The van der Waals surface area contributed by atoms with E-state index in [0.29, 0.717) is 27.7 Å². The molecular formula is C14H12Cl2N4O. The van der Waals surface area contributed by atoms with E-state index in [4.69, 9.17) is 23.2 Å². The van der Waals surface area contributed by atoms with Gasteiger partial charge in [0.25, 0.3) is 5.91 Å². The van der Waals surface area contributed by atoms with E-state index in [9.17, 15) is 4.79 Å². The summed E-state index contributed by atoms with van der Waals surface area (Å²) in [6, 6.07) is 6.98. The predicted molar refractivity (Wildman–Crippen MR) is 83.1 cm³/mol. The SMILES string of the molecule is O=C(Nc1c(Cl)cccc1Cl)c1ccnc(NC2CC2)n1. The van der Waals surface area contributed by atoms with Crippen LogP contribution < -0.4 is 10.6 Å². The fourth-order valence-corrected chi connectivity index (χ4v) is 2.25. The summed E-state index contributed by atoms with van der Waals surface area (Å²) in [6.07, 6.45) is 3.75. The van der Waals surface area contributed by atoms with Crippen LogP contribution >= 0.6 is 23.2 Å². The molecule has 108 valence electrons. The molecule has 0 spiro atoms. The van der Waals surface area contributed by atoms with E-state index in [1.54, 1.807) is 24.4 Å². The number of hydrogen-bond acceptors (Lipinski definition) is 4. The summed E-state index contributed by atoms with van der Waals surface area (Å²) in [5, 5.41) is 6.57. The largest absolute Gasteiger partial charge is 0.351 e. The Hall–Kier alpha value is -1.85. The van der Waals surface area contributed by atoms with Crippen LogP contribution in [0.15, 0.2) is 30.5 Å². The molecule has 1 aromatic carbocycles. The van der Waals surface area contributed by atoms with Gasteiger partial charge >= 0.3 is 0 Å². The molecule has 1 aromatic heterocycles. The van der Waals surface area contributed by atoms with Crippen LogP contribution in [0.5, 0.6) is 0 Å². The van der Waals surface area contributed by atoms with Crippen LogP contribution in [0.2, 0.25) is 10.0 Å². The van der Waals surface area contributed by atoms with Crippen molar-refractivity contribution in [3.05, 3.63) is 46.2 Å². The molecule has 0 radical (unpaired) electrons. The summed E-state index contributed by atoms with van der Waals surface area (Å²) < 4.78 is 0. The molecule has 2 N–H and O–H groups in total. The number of aromatic nitrogens is 2. The second-order valence-electron chi connectivity index (χ2n) is 4.73. The molecule has 3 rings (SSSR count). The molecule has 7 heteroatoms. The monoisotopic (exact) mass is 322 g/mol. The lowest BCUT2D eigenvalue weighted by Crippen LogP contribution is -2.16. The van der Waals surface area contributed by atoms with Crippen LogP contribution in [-0.4, -0.2) is 21.9 Å². The van der Waals surface area contributed by atoms with Crippen molar-refractivity contribution in [1.82, 2.24) is 9.97 Å². The van der Waals surface area contributed by atoms with E-state index in [2.05, 4.69) is 20.6 Å². The minimum Gasteiger partial charge on any atom is -0.351 e. The Kier molecular flexibility index (Phi) is 3.94. The first-order valence-electron chi connectivity index (χ1n) is 6.48. The number of carbonyl (C=O) groups is 1. The van der Waals surface area contributed by atoms with Gasteiger partial charge in [0.2, 0.25) is 5.95 Å². The van der Waals surface area contributed by atoms with Gasteiger partial charge in [-0.05, 0) is 31.0 Å². The molecule has 0 bridgehead atoms. The Bertz CT molecular complexity index is 668. The first kappa shape index (κ1) is 14.1. The van der Waals surface area contributed by atoms with Gasteiger partial charge in [-0.2, -0.15) is 0 Å². The number of para-hydroxylation sites is 1. The number of nitrogens with one attached hydrogen (secondary N) is 2. The number of nitrogens with zero attached hydrogens (tertiary/aromatic N) is 2. The van der Waals surface area contributed by atoms with E-state index >= 15 is 0 Å². The van der Waals surface area contributed by atoms with Gasteiger partial charge in [-0.3, -0.25) is 4.79 Å². The van der Waals surface area contributed by atoms with Crippen molar-refractivity contribution in [2.45, 2.75) is 18.9 Å². The molecule has 1 amide bonds. The fourth-order valence-electron chi connectivity index (χ4n) is 1.76. The maximum atomic E-state index is 12.2. The zero-order valence-electron chi connectivity index (χ0n) is 10.9. The normalized spacial score (nSPS) is 13.8. The van der Waals surface area contributed by atoms with Crippen LogP contribution in [0.3, 0.4) is 0 Å². The Morgan fingerprint density at radius 2 is 1.90 bits per heavy atom. The Balaban J connectivity index is 1.78. The number of amides is 1. The second-order valence-corrected chi connectivity index (χ2v) is 5.55. The molecule has 1 saturated carbocycles. The molecule has 0 saturated heterocycles. The summed E-state index contributed by atoms with van der Waals surface area (Å²) in [5.41, 5.74) is 0.630. The van der Waals surface area contributed by atoms with Crippen molar-refractivity contribution in [2.24, 2.45) is 0 Å². The Morgan fingerprint density at radius 3 is 2.57 bits per heavy atom. The third-order valence-electron chi connectivity index (χ3n) is 3.00. The van der Waals surface area contributed by atoms with E-state index in [1.807, 2.05) is 0 Å². The molecule has 1 fully saturated rings. The highest BCUT2D eigenvalue weighted by Gasteiger charge is 2.22. The third-order valence-corrected chi connectivity index (χ3v) is 3.63. The summed E-state index contributed by atoms with van der Waals surface area (Å²) in [7, 11) is 0. The van der Waals surface area contributed by atoms with E-state index in [0.717, 1.165) is 12.8 Å². The molecule has 2 aromatic rings. The van der Waals surface area contributed by atoms with Crippen molar-refractivity contribution in [2.75, 3.05) is 10.6 Å². The molecular weight excluding hydrogens is 311 g/mol. The van der Waals surface area contributed by atoms with E-state index in [1.165, 1.54) is 6.07 Å². The van der Waals surface area contributed by atoms with Gasteiger partial charge in [0.05, 0.1) is 15.7 Å². The lowest BCUT2D eigenvalue weighted by atomic mass is 10.3. The molecule has 0 atom stereocenters. The van der Waals surface area contributed by atoms with Gasteiger partial charge in [-0.1, -0.05) is 29.3 Å². The van der Waals surface area contributed by atoms with Crippen LogP contribution in [0.1, 0.15) is 23.3 Å². The fraction of sp³-hybridized carbons (Fsp3) is 0.214. The summed E-state index contributed by atoms with van der Waals surface area (Å²) in [4.78, 5) is 20.5. The van der Waals surface area contributed by atoms with Crippen LogP contribution in [0.4, 0.5) is 11.6 Å². The van der Waals surface area contributed by atoms with Gasteiger partial charge in [0.1, 0.15) is 5.69 Å². The number of hydrogen-bond donors (Lipinski definition) is 2. The molecule has 1 heterocycles. The predicted octanol–water partition coefficient (Wildman–Crippen LogP) is 3.61. The lowest BCUT2D eigenvalue weighted by Gasteiger charge is -2.09.